The van der Waals surface area contributed by atoms with Crippen LogP contribution in [0.5, 0.6) is 0 Å². The van der Waals surface area contributed by atoms with Gasteiger partial charge in [-0.25, -0.2) is 4.99 Å². The van der Waals surface area contributed by atoms with Gasteiger partial charge in [0.2, 0.25) is 5.90 Å². The zero-order valence-electron chi connectivity index (χ0n) is 8.08. The van der Waals surface area contributed by atoms with Crippen molar-refractivity contribution in [3.05, 3.63) is 35.4 Å². The fourth-order valence-electron chi connectivity index (χ4n) is 1.35. The maximum absolute atomic E-state index is 5.35. The van der Waals surface area contributed by atoms with E-state index in [1.165, 1.54) is 0 Å². The Morgan fingerprint density at radius 2 is 2.07 bits per heavy atom. The van der Waals surface area contributed by atoms with Crippen LogP contribution in [0.2, 0.25) is 0 Å². The Morgan fingerprint density at radius 1 is 1.29 bits per heavy atom. The molecular formula is C12H11NO. The van der Waals surface area contributed by atoms with Gasteiger partial charge in [-0.05, 0) is 31.2 Å². The lowest BCUT2D eigenvalue weighted by atomic mass is 10.1. The Morgan fingerprint density at radius 3 is 2.64 bits per heavy atom. The maximum Gasteiger partial charge on any atom is 0.216 e. The van der Waals surface area contributed by atoms with E-state index >= 15 is 0 Å². The van der Waals surface area contributed by atoms with Crippen LogP contribution >= 0.6 is 0 Å². The van der Waals surface area contributed by atoms with Gasteiger partial charge < -0.3 is 4.74 Å². The quantitative estimate of drug-likeness (QED) is 0.612. The highest BCUT2D eigenvalue weighted by Crippen LogP contribution is 2.08. The molecule has 1 aliphatic rings. The molecule has 0 saturated heterocycles. The van der Waals surface area contributed by atoms with Gasteiger partial charge in [-0.15, -0.1) is 5.92 Å². The van der Waals surface area contributed by atoms with Crippen molar-refractivity contribution < 1.29 is 4.74 Å². The Labute approximate surface area is 83.6 Å². The number of hydrogen-bond donors (Lipinski definition) is 0. The van der Waals surface area contributed by atoms with E-state index in [1.54, 1.807) is 0 Å². The van der Waals surface area contributed by atoms with Gasteiger partial charge >= 0.3 is 0 Å². The summed E-state index contributed by atoms with van der Waals surface area (Å²) in [5.41, 5.74) is 2.05. The Balaban J connectivity index is 2.24. The molecule has 0 atom stereocenters. The number of benzene rings is 1. The van der Waals surface area contributed by atoms with E-state index in [4.69, 9.17) is 4.74 Å². The van der Waals surface area contributed by atoms with E-state index in [9.17, 15) is 0 Å². The molecule has 1 heterocycles. The molecule has 0 aromatic heterocycles. The minimum absolute atomic E-state index is 0.700. The van der Waals surface area contributed by atoms with Crippen molar-refractivity contribution >= 4 is 5.90 Å². The first-order valence-corrected chi connectivity index (χ1v) is 4.60. The zero-order valence-corrected chi connectivity index (χ0v) is 8.08. The number of rotatable bonds is 1. The Hall–Kier alpha value is -1.75. The van der Waals surface area contributed by atoms with Crippen LogP contribution in [0, 0.1) is 11.8 Å². The molecule has 1 aromatic carbocycles. The van der Waals surface area contributed by atoms with Gasteiger partial charge in [0.15, 0.2) is 0 Å². The summed E-state index contributed by atoms with van der Waals surface area (Å²) in [6.07, 6.45) is 0. The van der Waals surface area contributed by atoms with Gasteiger partial charge in [0.25, 0.3) is 0 Å². The molecule has 1 aliphatic heterocycles. The van der Waals surface area contributed by atoms with Crippen LogP contribution in [-0.2, 0) is 4.74 Å². The van der Waals surface area contributed by atoms with Gasteiger partial charge in [-0.3, -0.25) is 0 Å². The molecule has 0 unspecified atom stereocenters. The molecule has 70 valence electrons. The largest absolute Gasteiger partial charge is 0.476 e. The lowest BCUT2D eigenvalue weighted by Crippen LogP contribution is -2.00. The second-order valence-corrected chi connectivity index (χ2v) is 2.99. The van der Waals surface area contributed by atoms with Crippen molar-refractivity contribution in [3.63, 3.8) is 0 Å². The van der Waals surface area contributed by atoms with Crippen LogP contribution < -0.4 is 0 Å². The van der Waals surface area contributed by atoms with Gasteiger partial charge in [-0.2, -0.15) is 0 Å². The van der Waals surface area contributed by atoms with E-state index in [0.717, 1.165) is 23.6 Å². The molecular weight excluding hydrogens is 174 g/mol. The van der Waals surface area contributed by atoms with Crippen molar-refractivity contribution in [2.24, 2.45) is 4.99 Å². The topological polar surface area (TPSA) is 21.6 Å². The van der Waals surface area contributed by atoms with E-state index in [-0.39, 0.29) is 0 Å². The fraction of sp³-hybridized carbons (Fsp3) is 0.250. The molecule has 2 heteroatoms. The summed E-state index contributed by atoms with van der Waals surface area (Å²) in [6, 6.07) is 7.94. The second-order valence-electron chi connectivity index (χ2n) is 2.99. The molecule has 14 heavy (non-hydrogen) atoms. The molecule has 0 radical (unpaired) electrons. The van der Waals surface area contributed by atoms with E-state index in [0.29, 0.717) is 6.61 Å². The highest BCUT2D eigenvalue weighted by molar-refractivity contribution is 5.94. The number of ether oxygens (including phenoxy) is 1. The summed E-state index contributed by atoms with van der Waals surface area (Å²) < 4.78 is 5.35. The minimum atomic E-state index is 0.700. The molecule has 0 bridgehead atoms. The first-order valence-electron chi connectivity index (χ1n) is 4.60. The third-order valence-electron chi connectivity index (χ3n) is 1.99. The molecule has 0 fully saturated rings. The molecule has 2 rings (SSSR count). The molecule has 0 spiro atoms. The van der Waals surface area contributed by atoms with Crippen molar-refractivity contribution in [1.29, 1.82) is 0 Å². The molecule has 1 aromatic rings. The van der Waals surface area contributed by atoms with Gasteiger partial charge in [0.05, 0.1) is 6.54 Å². The molecule has 0 saturated carbocycles. The van der Waals surface area contributed by atoms with Crippen molar-refractivity contribution in [3.8, 4) is 11.8 Å². The zero-order chi connectivity index (χ0) is 9.80. The lowest BCUT2D eigenvalue weighted by molar-refractivity contribution is 0.348. The highest BCUT2D eigenvalue weighted by atomic mass is 16.5. The summed E-state index contributed by atoms with van der Waals surface area (Å²) in [4.78, 5) is 4.24. The molecule has 0 amide bonds. The highest BCUT2D eigenvalue weighted by Gasteiger charge is 2.08. The Bertz CT molecular complexity index is 406. The molecule has 0 aliphatic carbocycles. The van der Waals surface area contributed by atoms with Crippen LogP contribution in [0.4, 0.5) is 0 Å². The van der Waals surface area contributed by atoms with Crippen LogP contribution in [0.15, 0.2) is 29.3 Å². The first kappa shape index (κ1) is 8.83. The van der Waals surface area contributed by atoms with Crippen molar-refractivity contribution in [2.45, 2.75) is 6.92 Å². The van der Waals surface area contributed by atoms with Crippen LogP contribution in [0.3, 0.4) is 0 Å². The predicted molar refractivity (Wildman–Crippen MR) is 56.4 cm³/mol. The van der Waals surface area contributed by atoms with E-state index in [1.807, 2.05) is 31.2 Å². The predicted octanol–water partition coefficient (Wildman–Crippen LogP) is 1.83. The van der Waals surface area contributed by atoms with E-state index < -0.39 is 0 Å². The lowest BCUT2D eigenvalue weighted by Gasteiger charge is -2.00. The minimum Gasteiger partial charge on any atom is -0.476 e. The normalized spacial score (nSPS) is 13.9. The monoisotopic (exact) mass is 185 g/mol. The van der Waals surface area contributed by atoms with Crippen LogP contribution in [-0.4, -0.2) is 19.0 Å². The maximum atomic E-state index is 5.35. The van der Waals surface area contributed by atoms with Gasteiger partial charge in [0.1, 0.15) is 6.61 Å². The Kier molecular flexibility index (Phi) is 2.51. The summed E-state index contributed by atoms with van der Waals surface area (Å²) in [6.45, 7) is 3.30. The van der Waals surface area contributed by atoms with Gasteiger partial charge in [-0.1, -0.05) is 5.92 Å². The van der Waals surface area contributed by atoms with E-state index in [2.05, 4.69) is 16.8 Å². The van der Waals surface area contributed by atoms with Gasteiger partial charge in [0, 0.05) is 11.1 Å². The summed E-state index contributed by atoms with van der Waals surface area (Å²) >= 11 is 0. The fourth-order valence-corrected chi connectivity index (χ4v) is 1.35. The standard InChI is InChI=1S/C12H11NO/c1-2-3-10-4-6-11(7-5-10)12-13-8-9-14-12/h4-7H,8-9H2,1H3. The summed E-state index contributed by atoms with van der Waals surface area (Å²) in [7, 11) is 0. The van der Waals surface area contributed by atoms with Crippen LogP contribution in [0.25, 0.3) is 0 Å². The number of nitrogens with zero attached hydrogens (tertiary/aromatic N) is 1. The smallest absolute Gasteiger partial charge is 0.216 e. The SMILES string of the molecule is CC#Cc1ccc(C2=NCCO2)cc1. The number of aliphatic imine (C=N–C) groups is 1. The summed E-state index contributed by atoms with van der Waals surface area (Å²) in [5.74, 6) is 6.61. The van der Waals surface area contributed by atoms with Crippen LogP contribution in [0.1, 0.15) is 18.1 Å². The third-order valence-corrected chi connectivity index (χ3v) is 1.99. The molecule has 2 nitrogen and oxygen atoms in total. The number of hydrogen-bond acceptors (Lipinski definition) is 2. The summed E-state index contributed by atoms with van der Waals surface area (Å²) in [5, 5.41) is 0. The average Bonchev–Trinajstić information content (AvgIpc) is 2.72. The van der Waals surface area contributed by atoms with Crippen molar-refractivity contribution in [2.75, 3.05) is 13.2 Å². The third kappa shape index (κ3) is 1.77. The second kappa shape index (κ2) is 3.97. The molecule has 0 N–H and O–H groups in total. The first-order chi connectivity index (χ1) is 6.90. The average molecular weight is 185 g/mol. The van der Waals surface area contributed by atoms with Crippen molar-refractivity contribution in [1.82, 2.24) is 0 Å².